The predicted molar refractivity (Wildman–Crippen MR) is 406 cm³/mol. The first-order valence-electron chi connectivity index (χ1n) is 40.3. The molecule has 0 aliphatic rings. The molecule has 0 aromatic rings. The third-order valence-electron chi connectivity index (χ3n) is 17.9. The van der Waals surface area contributed by atoms with Crippen LogP contribution in [0.15, 0.2) is 85.1 Å². The van der Waals surface area contributed by atoms with Crippen LogP contribution in [0.5, 0.6) is 0 Å². The molecule has 94 heavy (non-hydrogen) atoms. The van der Waals surface area contributed by atoms with Crippen molar-refractivity contribution in [2.45, 2.75) is 392 Å². The molecule has 548 valence electrons. The minimum Gasteiger partial charge on any atom is -0.756 e. The van der Waals surface area contributed by atoms with Crippen molar-refractivity contribution in [3.05, 3.63) is 85.1 Å². The van der Waals surface area contributed by atoms with Gasteiger partial charge in [-0.1, -0.05) is 388 Å². The van der Waals surface area contributed by atoms with Crippen molar-refractivity contribution in [2.75, 3.05) is 47.5 Å². The lowest BCUT2D eigenvalue weighted by molar-refractivity contribution is -0.870. The zero-order valence-corrected chi connectivity index (χ0v) is 63.6. The highest BCUT2D eigenvalue weighted by Crippen LogP contribution is 2.38. The second kappa shape index (κ2) is 74.4. The summed E-state index contributed by atoms with van der Waals surface area (Å²) in [6, 6.07) is 0. The van der Waals surface area contributed by atoms with Gasteiger partial charge in [0.1, 0.15) is 19.8 Å². The number of esters is 2. The number of hydrogen-bond acceptors (Lipinski definition) is 8. The van der Waals surface area contributed by atoms with Gasteiger partial charge in [0, 0.05) is 12.8 Å². The van der Waals surface area contributed by atoms with Gasteiger partial charge >= 0.3 is 11.9 Å². The standard InChI is InChI=1S/C84H154NO8P/c1-6-8-10-12-14-16-18-20-22-24-26-28-30-32-34-36-38-40-42-44-46-48-50-52-54-56-58-60-62-64-66-68-70-72-74-76-83(86)90-80-82(81-92-94(88,89)91-79-78-85(3,4)5)93-84(87)77-75-73-71-69-67-65-63-61-59-57-55-53-51-49-47-45-43-41-39-37-35-33-31-29-27-25-23-21-19-17-15-13-11-9-7-2/h9,11,15,17,21,23,27,29,33,35,39,41,45,47,82H,6-8,10,12-14,16,18-20,22,24-26,28,30-32,34,36-38,40,42-44,46,48-81H2,1-5H3/b11-9-,17-15-,23-21-,29-27-,35-33-,41-39-,47-45-. The van der Waals surface area contributed by atoms with Gasteiger partial charge in [-0.3, -0.25) is 14.2 Å². The Balaban J connectivity index is 3.95. The number of phosphoric ester groups is 1. The fourth-order valence-electron chi connectivity index (χ4n) is 11.8. The van der Waals surface area contributed by atoms with Crippen LogP contribution in [0.3, 0.4) is 0 Å². The van der Waals surface area contributed by atoms with Gasteiger partial charge in [-0.25, -0.2) is 0 Å². The molecule has 0 aromatic carbocycles. The van der Waals surface area contributed by atoms with Gasteiger partial charge in [0.15, 0.2) is 6.10 Å². The molecule has 0 heterocycles. The second-order valence-corrected chi connectivity index (χ2v) is 29.8. The van der Waals surface area contributed by atoms with Crippen LogP contribution in [0, 0.1) is 0 Å². The number of quaternary nitrogens is 1. The molecule has 0 aliphatic heterocycles. The molecular weight excluding hydrogens is 1180 g/mol. The molecule has 2 unspecified atom stereocenters. The lowest BCUT2D eigenvalue weighted by atomic mass is 10.0. The van der Waals surface area contributed by atoms with E-state index in [9.17, 15) is 19.0 Å². The highest BCUT2D eigenvalue weighted by molar-refractivity contribution is 7.45. The molecule has 2 atom stereocenters. The van der Waals surface area contributed by atoms with E-state index in [1.165, 1.54) is 270 Å². The van der Waals surface area contributed by atoms with Crippen molar-refractivity contribution in [3.8, 4) is 0 Å². The fraction of sp³-hybridized carbons (Fsp3) is 0.810. The third kappa shape index (κ3) is 78.2. The molecule has 0 bridgehead atoms. The monoisotopic (exact) mass is 1340 g/mol. The Morgan fingerprint density at radius 3 is 0.904 bits per heavy atom. The Labute approximate surface area is 583 Å². The lowest BCUT2D eigenvalue weighted by Gasteiger charge is -2.28. The van der Waals surface area contributed by atoms with Gasteiger partial charge in [-0.2, -0.15) is 0 Å². The van der Waals surface area contributed by atoms with Crippen molar-refractivity contribution >= 4 is 19.8 Å². The summed E-state index contributed by atoms with van der Waals surface area (Å²) in [4.78, 5) is 38.2. The normalized spacial score (nSPS) is 13.5. The summed E-state index contributed by atoms with van der Waals surface area (Å²) in [5, 5.41) is 0. The molecule has 0 rings (SSSR count). The first kappa shape index (κ1) is 91.2. The zero-order chi connectivity index (χ0) is 68.3. The number of nitrogens with zero attached hydrogens (tertiary/aromatic N) is 1. The van der Waals surface area contributed by atoms with Gasteiger partial charge in [0.2, 0.25) is 0 Å². The Morgan fingerprint density at radius 2 is 0.606 bits per heavy atom. The number of ether oxygens (including phenoxy) is 2. The lowest BCUT2D eigenvalue weighted by Crippen LogP contribution is -2.37. The Bertz CT molecular complexity index is 1860. The summed E-state index contributed by atoms with van der Waals surface area (Å²) in [5.41, 5.74) is 0. The van der Waals surface area contributed by atoms with Crippen LogP contribution < -0.4 is 4.89 Å². The van der Waals surface area contributed by atoms with E-state index < -0.39 is 26.5 Å². The number of rotatable bonds is 75. The molecule has 0 radical (unpaired) electrons. The average Bonchev–Trinajstić information content (AvgIpc) is 1.68. The van der Waals surface area contributed by atoms with Crippen LogP contribution in [0.1, 0.15) is 386 Å². The van der Waals surface area contributed by atoms with E-state index in [2.05, 4.69) is 98.9 Å². The maximum absolute atomic E-state index is 12.9. The summed E-state index contributed by atoms with van der Waals surface area (Å²) in [7, 11) is 1.18. The Hall–Kier alpha value is -2.81. The molecule has 0 saturated carbocycles. The van der Waals surface area contributed by atoms with Crippen molar-refractivity contribution in [3.63, 3.8) is 0 Å². The summed E-state index contributed by atoms with van der Waals surface area (Å²) in [6.07, 6.45) is 103. The molecular formula is C84H154NO8P. The van der Waals surface area contributed by atoms with Crippen LogP contribution >= 0.6 is 7.82 Å². The first-order chi connectivity index (χ1) is 46.0. The van der Waals surface area contributed by atoms with Gasteiger partial charge in [0.25, 0.3) is 7.82 Å². The highest BCUT2D eigenvalue weighted by Gasteiger charge is 2.22. The molecule has 10 heteroatoms. The SMILES string of the molecule is CC/C=C\C/C=C\C/C=C\C/C=C\C/C=C\C/C=C\C/C=C\CCCCCCCCCCCCCCCC(=O)OC(COC(=O)CCCCCCCCCCCCCCCCCCCCCCCCCCCCCCCCCCCCC)COP(=O)([O-])OCC[N+](C)(C)C. The Kier molecular flexibility index (Phi) is 72.2. The number of likely N-dealkylation sites (N-methyl/N-ethyl adjacent to an activating group) is 1. The van der Waals surface area contributed by atoms with E-state index in [0.717, 1.165) is 83.5 Å². The number of hydrogen-bond donors (Lipinski definition) is 0. The summed E-state index contributed by atoms with van der Waals surface area (Å²) >= 11 is 0. The summed E-state index contributed by atoms with van der Waals surface area (Å²) in [5.74, 6) is -0.819. The van der Waals surface area contributed by atoms with Gasteiger partial charge in [-0.05, 0) is 70.6 Å². The van der Waals surface area contributed by atoms with E-state index in [1.807, 2.05) is 21.1 Å². The molecule has 0 N–H and O–H groups in total. The second-order valence-electron chi connectivity index (χ2n) is 28.4. The molecule has 0 aromatic heterocycles. The topological polar surface area (TPSA) is 111 Å². The van der Waals surface area contributed by atoms with Crippen LogP contribution in [0.4, 0.5) is 0 Å². The van der Waals surface area contributed by atoms with Crippen LogP contribution in [-0.2, 0) is 32.7 Å². The summed E-state index contributed by atoms with van der Waals surface area (Å²) < 4.78 is 34.4. The molecule has 0 amide bonds. The molecule has 0 fully saturated rings. The maximum atomic E-state index is 12.9. The Morgan fingerprint density at radius 1 is 0.340 bits per heavy atom. The van der Waals surface area contributed by atoms with E-state index in [-0.39, 0.29) is 32.0 Å². The van der Waals surface area contributed by atoms with Crippen molar-refractivity contribution in [1.29, 1.82) is 0 Å². The number of unbranched alkanes of at least 4 members (excludes halogenated alkanes) is 47. The van der Waals surface area contributed by atoms with E-state index >= 15 is 0 Å². The van der Waals surface area contributed by atoms with Gasteiger partial charge < -0.3 is 27.9 Å². The first-order valence-corrected chi connectivity index (χ1v) is 41.8. The van der Waals surface area contributed by atoms with Crippen LogP contribution in [-0.4, -0.2) is 70.0 Å². The molecule has 0 saturated heterocycles. The molecule has 0 spiro atoms. The van der Waals surface area contributed by atoms with Gasteiger partial charge in [0.05, 0.1) is 27.7 Å². The number of phosphoric acid groups is 1. The maximum Gasteiger partial charge on any atom is 0.306 e. The number of allylic oxidation sites excluding steroid dienone is 14. The van der Waals surface area contributed by atoms with Crippen LogP contribution in [0.2, 0.25) is 0 Å². The quantitative estimate of drug-likeness (QED) is 0.0195. The van der Waals surface area contributed by atoms with Crippen molar-refractivity contribution in [1.82, 2.24) is 0 Å². The van der Waals surface area contributed by atoms with E-state index in [1.54, 1.807) is 0 Å². The minimum atomic E-state index is -4.65. The van der Waals surface area contributed by atoms with E-state index in [0.29, 0.717) is 17.4 Å². The predicted octanol–water partition coefficient (Wildman–Crippen LogP) is 26.2. The average molecular weight is 1340 g/mol. The molecule has 9 nitrogen and oxygen atoms in total. The summed E-state index contributed by atoms with van der Waals surface area (Å²) in [6.45, 7) is 4.19. The molecule has 0 aliphatic carbocycles. The van der Waals surface area contributed by atoms with Crippen LogP contribution in [0.25, 0.3) is 0 Å². The largest absolute Gasteiger partial charge is 0.756 e. The zero-order valence-electron chi connectivity index (χ0n) is 62.7. The van der Waals surface area contributed by atoms with Gasteiger partial charge in [-0.15, -0.1) is 0 Å². The fourth-order valence-corrected chi connectivity index (χ4v) is 12.5. The number of carbonyl (C=O) groups is 2. The third-order valence-corrected chi connectivity index (χ3v) is 18.9. The smallest absolute Gasteiger partial charge is 0.306 e. The van der Waals surface area contributed by atoms with E-state index in [4.69, 9.17) is 18.5 Å². The number of carbonyl (C=O) groups excluding carboxylic acids is 2. The highest BCUT2D eigenvalue weighted by atomic mass is 31.2. The minimum absolute atomic E-state index is 0.0315. The van der Waals surface area contributed by atoms with Crippen molar-refractivity contribution in [2.24, 2.45) is 0 Å². The van der Waals surface area contributed by atoms with Crippen molar-refractivity contribution < 1.29 is 42.1 Å².